The molecule has 0 heterocycles. The lowest BCUT2D eigenvalue weighted by Gasteiger charge is -2.42. The first-order valence-electron chi connectivity index (χ1n) is 8.52. The average Bonchev–Trinajstić information content (AvgIpc) is 2.48. The monoisotopic (exact) mass is 273 g/mol. The minimum atomic E-state index is 0.430. The van der Waals surface area contributed by atoms with E-state index in [1.165, 1.54) is 49.7 Å². The van der Waals surface area contributed by atoms with E-state index in [-0.39, 0.29) is 0 Å². The van der Waals surface area contributed by atoms with Crippen LogP contribution in [0.5, 0.6) is 0 Å². The summed E-state index contributed by atoms with van der Waals surface area (Å²) in [5.41, 5.74) is 3.40. The van der Waals surface area contributed by atoms with Gasteiger partial charge in [-0.1, -0.05) is 64.3 Å². The van der Waals surface area contributed by atoms with Gasteiger partial charge >= 0.3 is 0 Å². The Morgan fingerprint density at radius 3 is 2.55 bits per heavy atom. The molecule has 20 heavy (non-hydrogen) atoms. The van der Waals surface area contributed by atoms with Crippen LogP contribution in [0.3, 0.4) is 0 Å². The Morgan fingerprint density at radius 1 is 1.15 bits per heavy atom. The molecule has 1 unspecified atom stereocenters. The molecule has 1 saturated carbocycles. The van der Waals surface area contributed by atoms with Gasteiger partial charge in [-0.05, 0) is 48.8 Å². The first-order valence-corrected chi connectivity index (χ1v) is 8.52. The first kappa shape index (κ1) is 15.6. The molecule has 1 fully saturated rings. The normalized spacial score (nSPS) is 19.8. The Balaban J connectivity index is 2.25. The lowest BCUT2D eigenvalue weighted by atomic mass is 9.68. The minimum Gasteiger partial charge on any atom is -0.309 e. The van der Waals surface area contributed by atoms with Crippen molar-refractivity contribution in [1.82, 2.24) is 5.32 Å². The van der Waals surface area contributed by atoms with Crippen molar-refractivity contribution in [3.8, 4) is 0 Å². The predicted molar refractivity (Wildman–Crippen MR) is 88.0 cm³/mol. The number of hydrogen-bond acceptors (Lipinski definition) is 1. The topological polar surface area (TPSA) is 12.0 Å². The third-order valence-corrected chi connectivity index (χ3v) is 4.98. The SMILES string of the molecule is CCCNC(c1cccc(CC)c1)C1(C)CCCCC1. The van der Waals surface area contributed by atoms with Gasteiger partial charge in [-0.2, -0.15) is 0 Å². The molecule has 0 radical (unpaired) electrons. The van der Waals surface area contributed by atoms with Crippen molar-refractivity contribution in [2.45, 2.75) is 71.8 Å². The lowest BCUT2D eigenvalue weighted by molar-refractivity contribution is 0.144. The van der Waals surface area contributed by atoms with Crippen molar-refractivity contribution in [2.24, 2.45) is 5.41 Å². The van der Waals surface area contributed by atoms with E-state index in [1.807, 2.05) is 0 Å². The van der Waals surface area contributed by atoms with Crippen LogP contribution in [-0.4, -0.2) is 6.54 Å². The van der Waals surface area contributed by atoms with Crippen molar-refractivity contribution in [2.75, 3.05) is 6.54 Å². The molecule has 2 rings (SSSR count). The highest BCUT2D eigenvalue weighted by Gasteiger charge is 2.35. The van der Waals surface area contributed by atoms with E-state index < -0.39 is 0 Å². The van der Waals surface area contributed by atoms with Gasteiger partial charge in [-0.3, -0.25) is 0 Å². The van der Waals surface area contributed by atoms with Crippen LogP contribution < -0.4 is 5.32 Å². The average molecular weight is 273 g/mol. The van der Waals surface area contributed by atoms with E-state index in [1.54, 1.807) is 0 Å². The molecule has 112 valence electrons. The summed E-state index contributed by atoms with van der Waals surface area (Å²) in [5, 5.41) is 3.85. The molecule has 0 aromatic heterocycles. The first-order chi connectivity index (χ1) is 9.69. The molecule has 1 atom stereocenters. The van der Waals surface area contributed by atoms with Crippen molar-refractivity contribution < 1.29 is 0 Å². The zero-order valence-electron chi connectivity index (χ0n) is 13.5. The van der Waals surface area contributed by atoms with Crippen LogP contribution in [0, 0.1) is 5.41 Å². The van der Waals surface area contributed by atoms with Crippen molar-refractivity contribution >= 4 is 0 Å². The van der Waals surface area contributed by atoms with Crippen LogP contribution in [0.25, 0.3) is 0 Å². The summed E-state index contributed by atoms with van der Waals surface area (Å²) in [6.07, 6.45) is 9.29. The highest BCUT2D eigenvalue weighted by Crippen LogP contribution is 2.45. The summed E-state index contributed by atoms with van der Waals surface area (Å²) in [4.78, 5) is 0. The highest BCUT2D eigenvalue weighted by atomic mass is 14.9. The van der Waals surface area contributed by atoms with E-state index in [9.17, 15) is 0 Å². The number of nitrogens with one attached hydrogen (secondary N) is 1. The Kier molecular flexibility index (Phi) is 5.65. The lowest BCUT2D eigenvalue weighted by Crippen LogP contribution is -2.38. The van der Waals surface area contributed by atoms with E-state index >= 15 is 0 Å². The number of benzene rings is 1. The van der Waals surface area contributed by atoms with Crippen LogP contribution in [0.15, 0.2) is 24.3 Å². The van der Waals surface area contributed by atoms with E-state index in [0.29, 0.717) is 11.5 Å². The van der Waals surface area contributed by atoms with Gasteiger partial charge in [0.05, 0.1) is 0 Å². The van der Waals surface area contributed by atoms with Gasteiger partial charge in [-0.15, -0.1) is 0 Å². The van der Waals surface area contributed by atoms with Crippen LogP contribution in [-0.2, 0) is 6.42 Å². The molecule has 0 saturated heterocycles. The molecule has 1 nitrogen and oxygen atoms in total. The molecule has 1 N–H and O–H groups in total. The Hall–Kier alpha value is -0.820. The summed E-state index contributed by atoms with van der Waals surface area (Å²) >= 11 is 0. The van der Waals surface area contributed by atoms with Crippen molar-refractivity contribution in [3.63, 3.8) is 0 Å². The maximum atomic E-state index is 3.85. The van der Waals surface area contributed by atoms with Gasteiger partial charge in [0.15, 0.2) is 0 Å². The summed E-state index contributed by atoms with van der Waals surface area (Å²) in [5.74, 6) is 0. The van der Waals surface area contributed by atoms with Crippen LogP contribution in [0.1, 0.15) is 76.5 Å². The second-order valence-corrected chi connectivity index (χ2v) is 6.70. The van der Waals surface area contributed by atoms with Crippen molar-refractivity contribution in [3.05, 3.63) is 35.4 Å². The molecule has 0 aliphatic heterocycles. The van der Waals surface area contributed by atoms with Crippen LogP contribution in [0.4, 0.5) is 0 Å². The van der Waals surface area contributed by atoms with E-state index in [0.717, 1.165) is 13.0 Å². The molecule has 1 aromatic rings. The second-order valence-electron chi connectivity index (χ2n) is 6.70. The molecule has 1 aromatic carbocycles. The van der Waals surface area contributed by atoms with Gasteiger partial charge < -0.3 is 5.32 Å². The summed E-state index contributed by atoms with van der Waals surface area (Å²) in [6.45, 7) is 8.13. The summed E-state index contributed by atoms with van der Waals surface area (Å²) in [7, 11) is 0. The smallest absolute Gasteiger partial charge is 0.0374 e. The number of hydrogen-bond donors (Lipinski definition) is 1. The largest absolute Gasteiger partial charge is 0.309 e. The Labute approximate surface area is 125 Å². The van der Waals surface area contributed by atoms with Gasteiger partial charge in [0, 0.05) is 6.04 Å². The maximum absolute atomic E-state index is 3.85. The minimum absolute atomic E-state index is 0.430. The van der Waals surface area contributed by atoms with E-state index in [2.05, 4.69) is 50.4 Å². The van der Waals surface area contributed by atoms with Gasteiger partial charge in [0.2, 0.25) is 0 Å². The molecule has 1 aliphatic carbocycles. The molecule has 0 amide bonds. The van der Waals surface area contributed by atoms with Crippen LogP contribution >= 0.6 is 0 Å². The fourth-order valence-corrected chi connectivity index (χ4v) is 3.70. The Bertz CT molecular complexity index is 404. The van der Waals surface area contributed by atoms with Crippen molar-refractivity contribution in [1.29, 1.82) is 0 Å². The number of rotatable bonds is 6. The molecular weight excluding hydrogens is 242 g/mol. The zero-order valence-corrected chi connectivity index (χ0v) is 13.5. The predicted octanol–water partition coefficient (Wildman–Crippen LogP) is 5.26. The molecular formula is C19H31N. The zero-order chi connectivity index (χ0) is 14.4. The number of aryl methyl sites for hydroxylation is 1. The summed E-state index contributed by atoms with van der Waals surface area (Å²) < 4.78 is 0. The van der Waals surface area contributed by atoms with Gasteiger partial charge in [-0.25, -0.2) is 0 Å². The fraction of sp³-hybridized carbons (Fsp3) is 0.684. The highest BCUT2D eigenvalue weighted by molar-refractivity contribution is 5.27. The van der Waals surface area contributed by atoms with E-state index in [4.69, 9.17) is 0 Å². The second kappa shape index (κ2) is 7.26. The third-order valence-electron chi connectivity index (χ3n) is 4.98. The maximum Gasteiger partial charge on any atom is 0.0374 e. The quantitative estimate of drug-likeness (QED) is 0.745. The summed E-state index contributed by atoms with van der Waals surface area (Å²) in [6, 6.07) is 9.76. The molecule has 0 bridgehead atoms. The molecule has 0 spiro atoms. The fourth-order valence-electron chi connectivity index (χ4n) is 3.70. The Morgan fingerprint density at radius 2 is 1.90 bits per heavy atom. The van der Waals surface area contributed by atoms with Gasteiger partial charge in [0.1, 0.15) is 0 Å². The van der Waals surface area contributed by atoms with Crippen LogP contribution in [0.2, 0.25) is 0 Å². The van der Waals surface area contributed by atoms with Gasteiger partial charge in [0.25, 0.3) is 0 Å². The molecule has 1 heteroatoms. The molecule has 1 aliphatic rings. The standard InChI is InChI=1S/C19H31N/c1-4-14-20-18(19(3)12-7-6-8-13-19)17-11-9-10-16(5-2)15-17/h9-11,15,18,20H,4-8,12-14H2,1-3H3. The third kappa shape index (κ3) is 3.63.